The van der Waals surface area contributed by atoms with Gasteiger partial charge in [0.05, 0.1) is 4.90 Å². The van der Waals surface area contributed by atoms with Gasteiger partial charge in [0.25, 0.3) is 6.47 Å². The first-order valence-electron chi connectivity index (χ1n) is 4.52. The van der Waals surface area contributed by atoms with Crippen molar-refractivity contribution < 1.29 is 52.4 Å². The third-order valence-electron chi connectivity index (χ3n) is 2.02. The fourth-order valence-corrected chi connectivity index (χ4v) is 2.11. The maximum absolute atomic E-state index is 10.9. The molecule has 2 aromatic carbocycles. The van der Waals surface area contributed by atoms with E-state index >= 15 is 0 Å². The third-order valence-corrected chi connectivity index (χ3v) is 2.91. The average Bonchev–Trinajstić information content (AvgIpc) is 2.28. The molecule has 1 N–H and O–H groups in total. The fourth-order valence-electron chi connectivity index (χ4n) is 1.41. The van der Waals surface area contributed by atoms with E-state index in [1.807, 2.05) is 0 Å². The molecule has 18 heavy (non-hydrogen) atoms. The molecule has 0 heterocycles. The van der Waals surface area contributed by atoms with Crippen LogP contribution in [-0.4, -0.2) is 24.5 Å². The quantitative estimate of drug-likeness (QED) is 0.386. The molecule has 90 valence electrons. The van der Waals surface area contributed by atoms with Gasteiger partial charge >= 0.3 is 29.6 Å². The van der Waals surface area contributed by atoms with Crippen molar-refractivity contribution in [1.82, 2.24) is 0 Å². The summed E-state index contributed by atoms with van der Waals surface area (Å²) in [6.07, 6.45) is 0. The molecule has 0 spiro atoms. The largest absolute Gasteiger partial charge is 1.00 e. The smallest absolute Gasteiger partial charge is 0.744 e. The first-order chi connectivity index (χ1) is 8.00. The fraction of sp³-hybridized carbons (Fsp3) is 0. The van der Waals surface area contributed by atoms with Gasteiger partial charge in [-0.05, 0) is 16.8 Å². The van der Waals surface area contributed by atoms with Gasteiger partial charge in [-0.1, -0.05) is 36.4 Å². The van der Waals surface area contributed by atoms with Crippen molar-refractivity contribution in [3.63, 3.8) is 0 Å². The number of carboxylic acid groups (broad SMARTS) is 1. The predicted octanol–water partition coefficient (Wildman–Crippen LogP) is -1.55. The Hall–Kier alpha value is -0.920. The standard InChI is InChI=1S/C10H8O3S.CH2O2.Na/c11-14(12,13)10-7-3-5-8-4-1-2-6-9(8)10;2-1-3;/h1-7H,(H,11,12,13);1H,(H,2,3);/q;;+1/p-1. The van der Waals surface area contributed by atoms with Crippen molar-refractivity contribution >= 4 is 27.4 Å². The van der Waals surface area contributed by atoms with Crippen LogP contribution < -0.4 is 29.6 Å². The van der Waals surface area contributed by atoms with Crippen molar-refractivity contribution in [2.24, 2.45) is 0 Å². The summed E-state index contributed by atoms with van der Waals surface area (Å²) >= 11 is 0. The van der Waals surface area contributed by atoms with Crippen LogP contribution in [0.4, 0.5) is 0 Å². The van der Waals surface area contributed by atoms with Gasteiger partial charge in [0.2, 0.25) is 0 Å². The number of fused-ring (bicyclic) bond motifs is 1. The van der Waals surface area contributed by atoms with Gasteiger partial charge in [0, 0.05) is 0 Å². The summed E-state index contributed by atoms with van der Waals surface area (Å²) in [6, 6.07) is 11.5. The van der Waals surface area contributed by atoms with Gasteiger partial charge in [0.1, 0.15) is 10.1 Å². The van der Waals surface area contributed by atoms with Crippen molar-refractivity contribution in [2.75, 3.05) is 0 Å². The molecule has 0 bridgehead atoms. The zero-order valence-corrected chi connectivity index (χ0v) is 12.4. The molecule has 0 aromatic heterocycles. The average molecular weight is 276 g/mol. The minimum atomic E-state index is -4.38. The van der Waals surface area contributed by atoms with Crippen LogP contribution in [0.15, 0.2) is 47.4 Å². The molecule has 0 unspecified atom stereocenters. The van der Waals surface area contributed by atoms with Crippen molar-refractivity contribution in [3.8, 4) is 0 Å². The van der Waals surface area contributed by atoms with Crippen LogP contribution in [0.1, 0.15) is 0 Å². The normalized spacial score (nSPS) is 9.83. The predicted molar refractivity (Wildman–Crippen MR) is 60.6 cm³/mol. The van der Waals surface area contributed by atoms with Gasteiger partial charge in [-0.3, -0.25) is 4.79 Å². The summed E-state index contributed by atoms with van der Waals surface area (Å²) in [5.74, 6) is 0. The van der Waals surface area contributed by atoms with E-state index in [9.17, 15) is 13.0 Å². The zero-order chi connectivity index (χ0) is 12.9. The number of carbonyl (C=O) groups is 1. The monoisotopic (exact) mass is 276 g/mol. The molecule has 0 atom stereocenters. The summed E-state index contributed by atoms with van der Waals surface area (Å²) < 4.78 is 32.7. The Morgan fingerprint density at radius 1 is 1.06 bits per heavy atom. The van der Waals surface area contributed by atoms with Gasteiger partial charge in [-0.15, -0.1) is 0 Å². The zero-order valence-electron chi connectivity index (χ0n) is 9.61. The Bertz CT molecular complexity index is 619. The summed E-state index contributed by atoms with van der Waals surface area (Å²) in [5, 5.41) is 8.12. The summed E-state index contributed by atoms with van der Waals surface area (Å²) in [6.45, 7) is -0.250. The Kier molecular flexibility index (Phi) is 7.12. The Morgan fingerprint density at radius 3 is 2.11 bits per heavy atom. The Morgan fingerprint density at radius 2 is 1.56 bits per heavy atom. The molecule has 2 aromatic rings. The van der Waals surface area contributed by atoms with E-state index in [-0.39, 0.29) is 40.9 Å². The molecule has 0 aliphatic heterocycles. The van der Waals surface area contributed by atoms with E-state index in [0.717, 1.165) is 5.39 Å². The van der Waals surface area contributed by atoms with E-state index in [0.29, 0.717) is 5.39 Å². The van der Waals surface area contributed by atoms with Crippen LogP contribution in [0.25, 0.3) is 10.8 Å². The minimum Gasteiger partial charge on any atom is -0.744 e. The second-order valence-corrected chi connectivity index (χ2v) is 4.38. The molecule has 0 aliphatic carbocycles. The topological polar surface area (TPSA) is 94.5 Å². The number of hydrogen-bond donors (Lipinski definition) is 1. The van der Waals surface area contributed by atoms with Crippen molar-refractivity contribution in [3.05, 3.63) is 42.5 Å². The summed E-state index contributed by atoms with van der Waals surface area (Å²) in [7, 11) is -4.38. The molecule has 2 rings (SSSR count). The molecular formula is C11H9NaO5S. The maximum atomic E-state index is 10.9. The Labute approximate surface area is 126 Å². The first-order valence-corrected chi connectivity index (χ1v) is 5.93. The maximum Gasteiger partial charge on any atom is 1.00 e. The van der Waals surface area contributed by atoms with Gasteiger partial charge in [0.15, 0.2) is 0 Å². The van der Waals surface area contributed by atoms with Crippen molar-refractivity contribution in [2.45, 2.75) is 4.90 Å². The second kappa shape index (κ2) is 7.50. The summed E-state index contributed by atoms with van der Waals surface area (Å²) in [4.78, 5) is 8.20. The van der Waals surface area contributed by atoms with Crippen LogP contribution in [0, 0.1) is 0 Å². The molecule has 7 heteroatoms. The molecule has 5 nitrogen and oxygen atoms in total. The number of hydrogen-bond acceptors (Lipinski definition) is 4. The van der Waals surface area contributed by atoms with E-state index in [2.05, 4.69) is 0 Å². The summed E-state index contributed by atoms with van der Waals surface area (Å²) in [5.41, 5.74) is 0. The van der Waals surface area contributed by atoms with Crippen LogP contribution in [0.2, 0.25) is 0 Å². The molecule has 0 aliphatic rings. The second-order valence-electron chi connectivity index (χ2n) is 3.04. The van der Waals surface area contributed by atoms with E-state index < -0.39 is 10.1 Å². The van der Waals surface area contributed by atoms with Gasteiger partial charge in [-0.25, -0.2) is 8.42 Å². The van der Waals surface area contributed by atoms with Crippen LogP contribution in [0.5, 0.6) is 0 Å². The Balaban J connectivity index is 0.000000660. The molecule has 0 saturated heterocycles. The van der Waals surface area contributed by atoms with E-state index in [1.54, 1.807) is 36.4 Å². The van der Waals surface area contributed by atoms with Crippen molar-refractivity contribution in [1.29, 1.82) is 0 Å². The first kappa shape index (κ1) is 17.1. The third kappa shape index (κ3) is 4.40. The van der Waals surface area contributed by atoms with E-state index in [4.69, 9.17) is 9.90 Å². The molecule has 0 fully saturated rings. The van der Waals surface area contributed by atoms with E-state index in [1.165, 1.54) is 6.07 Å². The van der Waals surface area contributed by atoms with Crippen LogP contribution in [-0.2, 0) is 14.9 Å². The van der Waals surface area contributed by atoms with Gasteiger partial charge in [-0.2, -0.15) is 0 Å². The molecule has 0 saturated carbocycles. The molecular weight excluding hydrogens is 267 g/mol. The van der Waals surface area contributed by atoms with Crippen LogP contribution >= 0.6 is 0 Å². The minimum absolute atomic E-state index is 0. The SMILES string of the molecule is O=CO.O=S(=O)([O-])c1cccc2ccccc12.[Na+]. The number of benzene rings is 2. The van der Waals surface area contributed by atoms with Gasteiger partial charge < -0.3 is 9.66 Å². The van der Waals surface area contributed by atoms with Crippen LogP contribution in [0.3, 0.4) is 0 Å². The molecule has 0 radical (unpaired) electrons. The molecule has 0 amide bonds. The number of rotatable bonds is 1.